The first-order chi connectivity index (χ1) is 30.0. The molecule has 0 rings (SSSR count). The van der Waals surface area contributed by atoms with E-state index < -0.39 is 20.0 Å². The van der Waals surface area contributed by atoms with Crippen molar-refractivity contribution in [2.24, 2.45) is 0 Å². The molecule has 0 aromatic rings. The number of phosphoric acid groups is 1. The van der Waals surface area contributed by atoms with Gasteiger partial charge in [0.1, 0.15) is 13.2 Å². The third-order valence-electron chi connectivity index (χ3n) is 10.3. The molecule has 0 aliphatic rings. The number of unbranched alkanes of at least 4 members (excludes halogenated alkanes) is 14. The van der Waals surface area contributed by atoms with Gasteiger partial charge in [-0.05, 0) is 77.0 Å². The average molecular weight is 886 g/mol. The SMILES string of the molecule is CC/C=C\C/C=C\C/C=C\C/C=C\C/C=C\C/C=C\C/C=C\C/C=C\CCCCCCC(=O)NC(COP(=O)(O)OCC[N+](C)(C)C)C(O)CCCCCCCCCCCCC. The van der Waals surface area contributed by atoms with Gasteiger partial charge in [0.15, 0.2) is 0 Å². The fourth-order valence-corrected chi connectivity index (χ4v) is 7.21. The van der Waals surface area contributed by atoms with Gasteiger partial charge in [-0.2, -0.15) is 0 Å². The molecule has 8 nitrogen and oxygen atoms in total. The highest BCUT2D eigenvalue weighted by atomic mass is 31.2. The first kappa shape index (κ1) is 59.4. The third-order valence-corrected chi connectivity index (χ3v) is 11.3. The molecule has 0 heterocycles. The van der Waals surface area contributed by atoms with E-state index in [2.05, 4.69) is 116 Å². The van der Waals surface area contributed by atoms with Crippen molar-refractivity contribution in [2.75, 3.05) is 40.9 Å². The zero-order valence-corrected chi connectivity index (χ0v) is 41.2. The van der Waals surface area contributed by atoms with Gasteiger partial charge in [-0.15, -0.1) is 0 Å². The molecule has 1 amide bonds. The van der Waals surface area contributed by atoms with E-state index in [1.165, 1.54) is 51.4 Å². The molecule has 0 saturated heterocycles. The van der Waals surface area contributed by atoms with Crippen LogP contribution >= 0.6 is 7.82 Å². The van der Waals surface area contributed by atoms with Crippen LogP contribution in [0.1, 0.15) is 181 Å². The summed E-state index contributed by atoms with van der Waals surface area (Å²) in [5, 5.41) is 13.9. The van der Waals surface area contributed by atoms with E-state index in [0.717, 1.165) is 103 Å². The number of allylic oxidation sites excluding steroid dienone is 16. The van der Waals surface area contributed by atoms with Crippen LogP contribution in [0.4, 0.5) is 0 Å². The van der Waals surface area contributed by atoms with E-state index in [-0.39, 0.29) is 19.1 Å². The van der Waals surface area contributed by atoms with Crippen LogP contribution in [0.25, 0.3) is 0 Å². The van der Waals surface area contributed by atoms with E-state index >= 15 is 0 Å². The summed E-state index contributed by atoms with van der Waals surface area (Å²) in [6.07, 6.45) is 61.6. The van der Waals surface area contributed by atoms with Gasteiger partial charge in [0.05, 0.1) is 39.9 Å². The second-order valence-corrected chi connectivity index (χ2v) is 18.9. The van der Waals surface area contributed by atoms with Gasteiger partial charge in [-0.3, -0.25) is 13.8 Å². The lowest BCUT2D eigenvalue weighted by Gasteiger charge is -2.26. The molecule has 62 heavy (non-hydrogen) atoms. The second-order valence-electron chi connectivity index (χ2n) is 17.5. The average Bonchev–Trinajstić information content (AvgIpc) is 3.23. The number of likely N-dealkylation sites (N-methyl/N-ethyl adjacent to an activating group) is 1. The molecule has 0 radical (unpaired) electrons. The highest BCUT2D eigenvalue weighted by molar-refractivity contribution is 7.47. The predicted molar refractivity (Wildman–Crippen MR) is 267 cm³/mol. The molecule has 0 aromatic heterocycles. The van der Waals surface area contributed by atoms with Crippen molar-refractivity contribution in [1.82, 2.24) is 5.32 Å². The highest BCUT2D eigenvalue weighted by Gasteiger charge is 2.28. The Bertz CT molecular complexity index is 1330. The lowest BCUT2D eigenvalue weighted by molar-refractivity contribution is -0.870. The number of aliphatic hydroxyl groups excluding tert-OH is 1. The Balaban J connectivity index is 4.29. The summed E-state index contributed by atoms with van der Waals surface area (Å²) < 4.78 is 23.6. The number of phosphoric ester groups is 1. The summed E-state index contributed by atoms with van der Waals surface area (Å²) >= 11 is 0. The van der Waals surface area contributed by atoms with E-state index in [1.807, 2.05) is 21.1 Å². The first-order valence-electron chi connectivity index (χ1n) is 24.6. The van der Waals surface area contributed by atoms with E-state index in [4.69, 9.17) is 9.05 Å². The number of hydrogen-bond donors (Lipinski definition) is 3. The minimum absolute atomic E-state index is 0.0637. The molecule has 0 bridgehead atoms. The number of quaternary nitrogens is 1. The molecule has 3 N–H and O–H groups in total. The quantitative estimate of drug-likeness (QED) is 0.0244. The van der Waals surface area contributed by atoms with Gasteiger partial charge in [0.25, 0.3) is 0 Å². The molecule has 0 spiro atoms. The highest BCUT2D eigenvalue weighted by Crippen LogP contribution is 2.43. The Kier molecular flexibility index (Phi) is 41.8. The number of nitrogens with zero attached hydrogens (tertiary/aromatic N) is 1. The number of aliphatic hydroxyl groups is 1. The topological polar surface area (TPSA) is 105 Å². The molecule has 0 aromatic carbocycles. The predicted octanol–water partition coefficient (Wildman–Crippen LogP) is 14.3. The van der Waals surface area contributed by atoms with Crippen LogP contribution < -0.4 is 5.32 Å². The summed E-state index contributed by atoms with van der Waals surface area (Å²) in [6, 6.07) is -0.780. The van der Waals surface area contributed by atoms with Crippen LogP contribution in [0.3, 0.4) is 0 Å². The standard InChI is InChI=1S/C53H93N2O6P/c1-6-8-10-12-14-16-18-19-20-21-22-23-24-25-26-27-28-29-30-31-32-33-34-35-37-39-41-43-45-47-53(57)54-51(50-61-62(58,59)60-49-48-55(3,4)5)52(56)46-44-42-40-38-36-17-15-13-11-9-7-2/h8,10,14,16,19-20,22-23,25-26,28-29,31-32,34-35,51-52,56H,6-7,9,11-13,15,17-18,21,24,27,30,33,36-50H2,1-5H3,(H-,54,57,58,59)/p+1/b10-8-,16-14-,20-19-,23-22-,26-25-,29-28-,32-31-,35-34-. The summed E-state index contributed by atoms with van der Waals surface area (Å²) in [5.41, 5.74) is 0. The Morgan fingerprint density at radius 3 is 1.42 bits per heavy atom. The van der Waals surface area contributed by atoms with Gasteiger partial charge in [0, 0.05) is 6.42 Å². The number of rotatable bonds is 43. The molecular weight excluding hydrogens is 792 g/mol. The van der Waals surface area contributed by atoms with Crippen molar-refractivity contribution < 1.29 is 32.9 Å². The summed E-state index contributed by atoms with van der Waals surface area (Å²) in [7, 11) is 1.58. The molecule has 3 atom stereocenters. The molecular formula is C53H94N2O6P+. The number of amides is 1. The third kappa shape index (κ3) is 45.4. The maximum absolute atomic E-state index is 12.9. The van der Waals surface area contributed by atoms with Crippen molar-refractivity contribution in [3.63, 3.8) is 0 Å². The van der Waals surface area contributed by atoms with Crippen LogP contribution in [0.2, 0.25) is 0 Å². The van der Waals surface area contributed by atoms with Crippen LogP contribution in [0, 0.1) is 0 Å². The lowest BCUT2D eigenvalue weighted by atomic mass is 10.0. The fraction of sp³-hybridized carbons (Fsp3) is 0.679. The van der Waals surface area contributed by atoms with Crippen molar-refractivity contribution in [3.8, 4) is 0 Å². The zero-order valence-electron chi connectivity index (χ0n) is 40.3. The number of carbonyl (C=O) groups excluding carboxylic acids is 1. The molecule has 356 valence electrons. The van der Waals surface area contributed by atoms with Crippen LogP contribution in [0.15, 0.2) is 97.2 Å². The van der Waals surface area contributed by atoms with Crippen LogP contribution in [-0.2, 0) is 18.4 Å². The minimum atomic E-state index is -4.33. The Hall–Kier alpha value is -2.58. The Morgan fingerprint density at radius 1 is 0.565 bits per heavy atom. The normalized spacial score (nSPS) is 15.0. The van der Waals surface area contributed by atoms with Gasteiger partial charge in [0.2, 0.25) is 5.91 Å². The van der Waals surface area contributed by atoms with Crippen molar-refractivity contribution in [1.29, 1.82) is 0 Å². The molecule has 0 aliphatic carbocycles. The second kappa shape index (κ2) is 43.7. The minimum Gasteiger partial charge on any atom is -0.391 e. The Labute approximate surface area is 381 Å². The van der Waals surface area contributed by atoms with Gasteiger partial charge >= 0.3 is 7.82 Å². The number of nitrogens with one attached hydrogen (secondary N) is 1. The van der Waals surface area contributed by atoms with Crippen molar-refractivity contribution in [2.45, 2.75) is 193 Å². The zero-order chi connectivity index (χ0) is 45.7. The monoisotopic (exact) mass is 886 g/mol. The van der Waals surface area contributed by atoms with E-state index in [1.54, 1.807) is 0 Å². The van der Waals surface area contributed by atoms with E-state index in [9.17, 15) is 19.4 Å². The summed E-state index contributed by atoms with van der Waals surface area (Å²) in [5.74, 6) is -0.175. The smallest absolute Gasteiger partial charge is 0.391 e. The lowest BCUT2D eigenvalue weighted by Crippen LogP contribution is -2.46. The molecule has 0 aliphatic heterocycles. The molecule has 0 saturated carbocycles. The van der Waals surface area contributed by atoms with E-state index in [0.29, 0.717) is 23.9 Å². The number of hydrogen-bond acceptors (Lipinski definition) is 5. The maximum Gasteiger partial charge on any atom is 0.472 e. The largest absolute Gasteiger partial charge is 0.472 e. The summed E-state index contributed by atoms with van der Waals surface area (Å²) in [6.45, 7) is 4.72. The molecule has 9 heteroatoms. The molecule has 3 unspecified atom stereocenters. The Morgan fingerprint density at radius 2 is 0.968 bits per heavy atom. The number of carbonyl (C=O) groups is 1. The van der Waals surface area contributed by atoms with Crippen molar-refractivity contribution >= 4 is 13.7 Å². The maximum atomic E-state index is 12.9. The van der Waals surface area contributed by atoms with Gasteiger partial charge < -0.3 is 19.8 Å². The summed E-state index contributed by atoms with van der Waals surface area (Å²) in [4.78, 5) is 23.2. The van der Waals surface area contributed by atoms with Crippen molar-refractivity contribution in [3.05, 3.63) is 97.2 Å². The first-order valence-corrected chi connectivity index (χ1v) is 26.1. The molecule has 0 fully saturated rings. The van der Waals surface area contributed by atoms with Crippen LogP contribution in [-0.4, -0.2) is 73.4 Å². The fourth-order valence-electron chi connectivity index (χ4n) is 6.47. The van der Waals surface area contributed by atoms with Gasteiger partial charge in [-0.1, -0.05) is 195 Å². The van der Waals surface area contributed by atoms with Gasteiger partial charge in [-0.25, -0.2) is 4.57 Å². The van der Waals surface area contributed by atoms with Crippen LogP contribution in [0.5, 0.6) is 0 Å².